The fourth-order valence-electron chi connectivity index (χ4n) is 4.08. The van der Waals surface area contributed by atoms with Crippen LogP contribution in [0.2, 0.25) is 5.02 Å². The normalized spacial score (nSPS) is 13.7. The van der Waals surface area contributed by atoms with Crippen LogP contribution in [0.25, 0.3) is 0 Å². The van der Waals surface area contributed by atoms with Gasteiger partial charge in [-0.1, -0.05) is 48.9 Å². The molecule has 2 rings (SSSR count). The number of benzene rings is 2. The first-order valence-corrected chi connectivity index (χ1v) is 13.1. The van der Waals surface area contributed by atoms with E-state index in [1.807, 2.05) is 58.9 Å². The first-order valence-electron chi connectivity index (χ1n) is 12.8. The summed E-state index contributed by atoms with van der Waals surface area (Å²) in [6, 6.07) is 8.08. The number of nitrogens with one attached hydrogen (secondary N) is 2. The largest absolute Gasteiger partial charge is 0.444 e. The number of para-hydroxylation sites is 1. The SMILES string of the molecule is CCC(C)N(C(=O)C(CO)NC(=O)OC(C)(C)C)C(C(=O)Nc1c(C)cccc1Cl)c1cccc(C)c1C. The molecule has 2 aromatic carbocycles. The summed E-state index contributed by atoms with van der Waals surface area (Å²) in [6.45, 7) is 13.8. The van der Waals surface area contributed by atoms with Crippen LogP contribution in [0.4, 0.5) is 10.5 Å². The third-order valence-electron chi connectivity index (χ3n) is 6.43. The van der Waals surface area contributed by atoms with Gasteiger partial charge in [-0.15, -0.1) is 0 Å². The zero-order valence-corrected chi connectivity index (χ0v) is 24.3. The van der Waals surface area contributed by atoms with Crippen molar-refractivity contribution in [2.24, 2.45) is 0 Å². The predicted molar refractivity (Wildman–Crippen MR) is 150 cm³/mol. The molecule has 208 valence electrons. The summed E-state index contributed by atoms with van der Waals surface area (Å²) < 4.78 is 5.29. The number of ether oxygens (including phenoxy) is 1. The van der Waals surface area contributed by atoms with Gasteiger partial charge >= 0.3 is 6.09 Å². The number of alkyl carbamates (subject to hydrolysis) is 1. The van der Waals surface area contributed by atoms with Gasteiger partial charge in [-0.05, 0) is 83.2 Å². The summed E-state index contributed by atoms with van der Waals surface area (Å²) in [6.07, 6.45) is -0.316. The molecule has 0 saturated carbocycles. The van der Waals surface area contributed by atoms with Crippen LogP contribution in [0.1, 0.15) is 69.3 Å². The molecule has 0 bridgehead atoms. The lowest BCUT2D eigenvalue weighted by molar-refractivity contribution is -0.144. The second kappa shape index (κ2) is 13.1. The monoisotopic (exact) mass is 545 g/mol. The van der Waals surface area contributed by atoms with Crippen LogP contribution in [0, 0.1) is 20.8 Å². The van der Waals surface area contributed by atoms with E-state index in [1.165, 1.54) is 4.90 Å². The van der Waals surface area contributed by atoms with E-state index in [2.05, 4.69) is 10.6 Å². The Morgan fingerprint density at radius 1 is 1.05 bits per heavy atom. The Morgan fingerprint density at radius 3 is 2.21 bits per heavy atom. The van der Waals surface area contributed by atoms with Gasteiger partial charge < -0.3 is 25.4 Å². The van der Waals surface area contributed by atoms with E-state index in [1.54, 1.807) is 32.9 Å². The van der Waals surface area contributed by atoms with E-state index in [-0.39, 0.29) is 0 Å². The molecule has 0 saturated heterocycles. The van der Waals surface area contributed by atoms with Crippen LogP contribution in [-0.4, -0.2) is 52.2 Å². The number of amides is 3. The molecule has 0 heterocycles. The third-order valence-corrected chi connectivity index (χ3v) is 6.74. The number of carbonyl (C=O) groups excluding carboxylic acids is 3. The van der Waals surface area contributed by atoms with Crippen molar-refractivity contribution in [2.75, 3.05) is 11.9 Å². The van der Waals surface area contributed by atoms with Crippen molar-refractivity contribution < 1.29 is 24.2 Å². The van der Waals surface area contributed by atoms with E-state index in [9.17, 15) is 19.5 Å². The molecule has 0 spiro atoms. The molecule has 3 atom stereocenters. The molecule has 0 aliphatic heterocycles. The summed E-state index contributed by atoms with van der Waals surface area (Å²) >= 11 is 6.41. The maximum Gasteiger partial charge on any atom is 0.408 e. The van der Waals surface area contributed by atoms with E-state index in [0.29, 0.717) is 22.7 Å². The molecule has 3 N–H and O–H groups in total. The minimum absolute atomic E-state index is 0.374. The summed E-state index contributed by atoms with van der Waals surface area (Å²) in [5.74, 6) is -1.07. The smallest absolute Gasteiger partial charge is 0.408 e. The van der Waals surface area contributed by atoms with Crippen molar-refractivity contribution in [1.82, 2.24) is 10.2 Å². The summed E-state index contributed by atoms with van der Waals surface area (Å²) in [5.41, 5.74) is 2.87. The van der Waals surface area contributed by atoms with E-state index >= 15 is 0 Å². The Labute approximate surface area is 230 Å². The van der Waals surface area contributed by atoms with Gasteiger partial charge in [0.25, 0.3) is 5.91 Å². The number of carbonyl (C=O) groups is 3. The Bertz CT molecular complexity index is 1140. The Hall–Kier alpha value is -3.10. The lowest BCUT2D eigenvalue weighted by atomic mass is 9.93. The van der Waals surface area contributed by atoms with Crippen LogP contribution in [-0.2, 0) is 14.3 Å². The van der Waals surface area contributed by atoms with Gasteiger partial charge in [0, 0.05) is 6.04 Å². The fraction of sp³-hybridized carbons (Fsp3) is 0.483. The minimum atomic E-state index is -1.32. The second-order valence-electron chi connectivity index (χ2n) is 10.5. The molecule has 8 nitrogen and oxygen atoms in total. The van der Waals surface area contributed by atoms with Crippen molar-refractivity contribution >= 4 is 35.2 Å². The minimum Gasteiger partial charge on any atom is -0.444 e. The summed E-state index contributed by atoms with van der Waals surface area (Å²) in [5, 5.41) is 15.9. The average Bonchev–Trinajstić information content (AvgIpc) is 2.83. The first kappa shape index (κ1) is 31.1. The van der Waals surface area contributed by atoms with Crippen molar-refractivity contribution in [3.8, 4) is 0 Å². The maximum atomic E-state index is 14.0. The van der Waals surface area contributed by atoms with Gasteiger partial charge in [-0.3, -0.25) is 9.59 Å². The highest BCUT2D eigenvalue weighted by Crippen LogP contribution is 2.33. The molecule has 3 unspecified atom stereocenters. The fourth-order valence-corrected chi connectivity index (χ4v) is 4.35. The van der Waals surface area contributed by atoms with Gasteiger partial charge in [0.15, 0.2) is 0 Å². The number of hydrogen-bond acceptors (Lipinski definition) is 5. The van der Waals surface area contributed by atoms with E-state index < -0.39 is 48.2 Å². The number of aliphatic hydroxyl groups excluding tert-OH is 1. The Kier molecular flexibility index (Phi) is 10.7. The van der Waals surface area contributed by atoms with Crippen molar-refractivity contribution in [3.63, 3.8) is 0 Å². The van der Waals surface area contributed by atoms with Gasteiger partial charge in [0.1, 0.15) is 17.7 Å². The van der Waals surface area contributed by atoms with Crippen molar-refractivity contribution in [3.05, 3.63) is 63.7 Å². The average molecular weight is 546 g/mol. The summed E-state index contributed by atoms with van der Waals surface area (Å²) in [4.78, 5) is 41.9. The highest BCUT2D eigenvalue weighted by atomic mass is 35.5. The number of anilines is 1. The number of aliphatic hydroxyl groups is 1. The molecule has 0 fully saturated rings. The van der Waals surface area contributed by atoms with E-state index in [0.717, 1.165) is 16.7 Å². The van der Waals surface area contributed by atoms with Crippen LogP contribution in [0.15, 0.2) is 36.4 Å². The lowest BCUT2D eigenvalue weighted by Crippen LogP contribution is -2.56. The lowest BCUT2D eigenvalue weighted by Gasteiger charge is -2.38. The number of halogens is 1. The van der Waals surface area contributed by atoms with Gasteiger partial charge in [0.05, 0.1) is 17.3 Å². The van der Waals surface area contributed by atoms with Gasteiger partial charge in [0.2, 0.25) is 5.91 Å². The van der Waals surface area contributed by atoms with E-state index in [4.69, 9.17) is 16.3 Å². The molecular formula is C29H40ClN3O5. The molecule has 0 aliphatic rings. The number of aryl methyl sites for hydroxylation is 2. The molecular weight excluding hydrogens is 506 g/mol. The number of rotatable bonds is 9. The van der Waals surface area contributed by atoms with Crippen molar-refractivity contribution in [1.29, 1.82) is 0 Å². The molecule has 0 aromatic heterocycles. The maximum absolute atomic E-state index is 14.0. The highest BCUT2D eigenvalue weighted by molar-refractivity contribution is 6.34. The second-order valence-corrected chi connectivity index (χ2v) is 10.9. The molecule has 0 aliphatic carbocycles. The quantitative estimate of drug-likeness (QED) is 0.388. The highest BCUT2D eigenvalue weighted by Gasteiger charge is 2.39. The number of nitrogens with zero attached hydrogens (tertiary/aromatic N) is 1. The molecule has 3 amide bonds. The Morgan fingerprint density at radius 2 is 1.66 bits per heavy atom. The molecule has 2 aromatic rings. The molecule has 0 radical (unpaired) electrons. The van der Waals surface area contributed by atoms with Crippen LogP contribution < -0.4 is 10.6 Å². The zero-order chi connectivity index (χ0) is 28.8. The summed E-state index contributed by atoms with van der Waals surface area (Å²) in [7, 11) is 0. The molecule has 38 heavy (non-hydrogen) atoms. The van der Waals surface area contributed by atoms with Crippen LogP contribution >= 0.6 is 11.6 Å². The van der Waals surface area contributed by atoms with Crippen LogP contribution in [0.3, 0.4) is 0 Å². The zero-order valence-electron chi connectivity index (χ0n) is 23.5. The van der Waals surface area contributed by atoms with Gasteiger partial charge in [-0.2, -0.15) is 0 Å². The van der Waals surface area contributed by atoms with Crippen LogP contribution in [0.5, 0.6) is 0 Å². The third kappa shape index (κ3) is 7.71. The van der Waals surface area contributed by atoms with Crippen molar-refractivity contribution in [2.45, 2.75) is 85.5 Å². The standard InChI is InChI=1S/C29H40ClN3O5/c1-9-19(4)33(27(36)23(16-34)31-28(37)38-29(6,7)8)25(21-14-10-12-17(2)20(21)5)26(35)32-24-18(3)13-11-15-22(24)30/h10-15,19,23,25,34H,9,16H2,1-8H3,(H,31,37)(H,32,35). The topological polar surface area (TPSA) is 108 Å². The first-order chi connectivity index (χ1) is 17.7. The Balaban J connectivity index is 2.62. The number of hydrogen-bond donors (Lipinski definition) is 3. The van der Waals surface area contributed by atoms with Gasteiger partial charge in [-0.25, -0.2) is 4.79 Å². The molecule has 9 heteroatoms. The predicted octanol–water partition coefficient (Wildman–Crippen LogP) is 5.46.